The van der Waals surface area contributed by atoms with Gasteiger partial charge in [-0.1, -0.05) is 42.5 Å². The van der Waals surface area contributed by atoms with Crippen LogP contribution in [0.15, 0.2) is 53.5 Å². The monoisotopic (exact) mass is 495 g/mol. The van der Waals surface area contributed by atoms with Crippen LogP contribution in [0.5, 0.6) is 5.75 Å². The highest BCUT2D eigenvalue weighted by Gasteiger charge is 2.16. The molecule has 1 heterocycles. The van der Waals surface area contributed by atoms with Crippen molar-refractivity contribution >= 4 is 29.9 Å². The number of hydrogen-bond acceptors (Lipinski definition) is 3. The molecule has 1 unspecified atom stereocenters. The van der Waals surface area contributed by atoms with Crippen LogP contribution >= 0.6 is 24.0 Å². The molecule has 3 rings (SSSR count). The third kappa shape index (κ3) is 7.31. The van der Waals surface area contributed by atoms with E-state index in [0.717, 1.165) is 43.7 Å². The molecule has 152 valence electrons. The van der Waals surface area contributed by atoms with Gasteiger partial charge in [-0.2, -0.15) is 0 Å². The van der Waals surface area contributed by atoms with Gasteiger partial charge in [-0.05, 0) is 43.4 Å². The van der Waals surface area contributed by atoms with E-state index in [-0.39, 0.29) is 30.1 Å². The van der Waals surface area contributed by atoms with Crippen LogP contribution in [0.1, 0.15) is 29.5 Å². The quantitative estimate of drug-likeness (QED) is 0.332. The third-order valence-electron chi connectivity index (χ3n) is 4.65. The first-order chi connectivity index (χ1) is 13.2. The van der Waals surface area contributed by atoms with Gasteiger partial charge in [0, 0.05) is 18.7 Å². The van der Waals surface area contributed by atoms with Gasteiger partial charge in [-0.25, -0.2) is 4.99 Å². The number of ether oxygens (including phenoxy) is 2. The largest absolute Gasteiger partial charge is 0.491 e. The van der Waals surface area contributed by atoms with Crippen molar-refractivity contribution in [2.45, 2.75) is 38.8 Å². The van der Waals surface area contributed by atoms with Crippen LogP contribution in [0.4, 0.5) is 0 Å². The number of hydrogen-bond donors (Lipinski definition) is 2. The molecule has 0 aliphatic carbocycles. The molecule has 0 saturated carbocycles. The third-order valence-corrected chi connectivity index (χ3v) is 4.65. The molecule has 6 heteroatoms. The number of nitrogens with one attached hydrogen (secondary N) is 1. The van der Waals surface area contributed by atoms with Crippen molar-refractivity contribution < 1.29 is 9.47 Å². The maximum Gasteiger partial charge on any atom is 0.188 e. The average Bonchev–Trinajstić information content (AvgIpc) is 3.20. The fourth-order valence-electron chi connectivity index (χ4n) is 3.09. The molecule has 3 N–H and O–H groups in total. The van der Waals surface area contributed by atoms with E-state index < -0.39 is 0 Å². The summed E-state index contributed by atoms with van der Waals surface area (Å²) in [6.45, 7) is 4.74. The highest BCUT2D eigenvalue weighted by atomic mass is 127. The number of aryl methyl sites for hydroxylation is 1. The summed E-state index contributed by atoms with van der Waals surface area (Å²) < 4.78 is 11.7. The molecule has 2 aromatic rings. The SMILES string of the molecule is Cc1ccc(CN=C(N)NCCc2ccccc2)c(OCC2CCCO2)c1.I. The molecule has 0 aromatic heterocycles. The van der Waals surface area contributed by atoms with Crippen molar-refractivity contribution in [3.05, 3.63) is 65.2 Å². The number of aliphatic imine (C=N–C) groups is 1. The Balaban J connectivity index is 0.00000280. The molecule has 1 aliphatic rings. The summed E-state index contributed by atoms with van der Waals surface area (Å²) in [7, 11) is 0. The molecular formula is C22H30IN3O2. The van der Waals surface area contributed by atoms with Crippen molar-refractivity contribution in [1.29, 1.82) is 0 Å². The zero-order chi connectivity index (χ0) is 18.9. The van der Waals surface area contributed by atoms with Crippen molar-refractivity contribution in [3.63, 3.8) is 0 Å². The lowest BCUT2D eigenvalue weighted by Crippen LogP contribution is -2.33. The van der Waals surface area contributed by atoms with E-state index in [1.54, 1.807) is 0 Å². The zero-order valence-corrected chi connectivity index (χ0v) is 18.7. The predicted molar refractivity (Wildman–Crippen MR) is 125 cm³/mol. The number of benzene rings is 2. The fraction of sp³-hybridized carbons (Fsp3) is 0.409. The molecule has 0 spiro atoms. The summed E-state index contributed by atoms with van der Waals surface area (Å²) >= 11 is 0. The molecule has 1 fully saturated rings. The lowest BCUT2D eigenvalue weighted by molar-refractivity contribution is 0.0676. The van der Waals surface area contributed by atoms with E-state index in [9.17, 15) is 0 Å². The van der Waals surface area contributed by atoms with E-state index in [1.807, 2.05) is 18.2 Å². The Morgan fingerprint density at radius 1 is 1.25 bits per heavy atom. The second kappa shape index (κ2) is 11.9. The average molecular weight is 495 g/mol. The van der Waals surface area contributed by atoms with Crippen LogP contribution in [-0.2, 0) is 17.7 Å². The smallest absolute Gasteiger partial charge is 0.188 e. The first-order valence-electron chi connectivity index (χ1n) is 9.62. The predicted octanol–water partition coefficient (Wildman–Crippen LogP) is 3.82. The lowest BCUT2D eigenvalue weighted by atomic mass is 10.1. The molecule has 0 amide bonds. The highest BCUT2D eigenvalue weighted by Crippen LogP contribution is 2.23. The first kappa shape index (κ1) is 22.5. The Kier molecular flexibility index (Phi) is 9.57. The Labute approximate surface area is 184 Å². The highest BCUT2D eigenvalue weighted by molar-refractivity contribution is 14.0. The zero-order valence-electron chi connectivity index (χ0n) is 16.4. The van der Waals surface area contributed by atoms with Crippen molar-refractivity contribution in [1.82, 2.24) is 5.32 Å². The Morgan fingerprint density at radius 3 is 2.82 bits per heavy atom. The second-order valence-corrected chi connectivity index (χ2v) is 6.92. The summed E-state index contributed by atoms with van der Waals surface area (Å²) in [6.07, 6.45) is 3.30. The number of nitrogens with zero attached hydrogens (tertiary/aromatic N) is 1. The first-order valence-corrected chi connectivity index (χ1v) is 9.62. The Bertz CT molecular complexity index is 747. The van der Waals surface area contributed by atoms with E-state index in [1.165, 1.54) is 11.1 Å². The number of rotatable bonds is 8. The molecule has 1 atom stereocenters. The van der Waals surface area contributed by atoms with Gasteiger partial charge in [0.15, 0.2) is 5.96 Å². The molecule has 2 aromatic carbocycles. The summed E-state index contributed by atoms with van der Waals surface area (Å²) in [6, 6.07) is 16.5. The van der Waals surface area contributed by atoms with Gasteiger partial charge in [0.05, 0.1) is 12.6 Å². The number of nitrogens with two attached hydrogens (primary N) is 1. The van der Waals surface area contributed by atoms with Gasteiger partial charge in [0.2, 0.25) is 0 Å². The van der Waals surface area contributed by atoms with Crippen LogP contribution in [0, 0.1) is 6.92 Å². The molecule has 28 heavy (non-hydrogen) atoms. The van der Waals surface area contributed by atoms with Crippen molar-refractivity contribution in [3.8, 4) is 5.75 Å². The Hall–Kier alpha value is -1.80. The van der Waals surface area contributed by atoms with Crippen LogP contribution in [0.25, 0.3) is 0 Å². The fourth-order valence-corrected chi connectivity index (χ4v) is 3.09. The van der Waals surface area contributed by atoms with E-state index in [0.29, 0.717) is 19.1 Å². The second-order valence-electron chi connectivity index (χ2n) is 6.92. The van der Waals surface area contributed by atoms with Gasteiger partial charge >= 0.3 is 0 Å². The summed E-state index contributed by atoms with van der Waals surface area (Å²) in [5, 5.41) is 3.18. The number of halogens is 1. The summed E-state index contributed by atoms with van der Waals surface area (Å²) in [4.78, 5) is 4.47. The molecule has 1 saturated heterocycles. The molecule has 5 nitrogen and oxygen atoms in total. The molecule has 1 aliphatic heterocycles. The van der Waals surface area contributed by atoms with Crippen LogP contribution in [0.3, 0.4) is 0 Å². The molecular weight excluding hydrogens is 465 g/mol. The lowest BCUT2D eigenvalue weighted by Gasteiger charge is -2.15. The van der Waals surface area contributed by atoms with E-state index in [2.05, 4.69) is 47.6 Å². The Morgan fingerprint density at radius 2 is 2.07 bits per heavy atom. The van der Waals surface area contributed by atoms with Gasteiger partial charge in [0.25, 0.3) is 0 Å². The van der Waals surface area contributed by atoms with Crippen molar-refractivity contribution in [2.24, 2.45) is 10.7 Å². The van der Waals surface area contributed by atoms with Gasteiger partial charge < -0.3 is 20.5 Å². The van der Waals surface area contributed by atoms with Crippen LogP contribution in [-0.4, -0.2) is 31.8 Å². The standard InChI is InChI=1S/C22H29N3O2.HI/c1-17-9-10-19(21(14-17)27-16-20-8-5-13-26-20)15-25-22(23)24-12-11-18-6-3-2-4-7-18;/h2-4,6-7,9-10,14,20H,5,8,11-13,15-16H2,1H3,(H3,23,24,25);1H. The summed E-state index contributed by atoms with van der Waals surface area (Å²) in [5.74, 6) is 1.32. The minimum absolute atomic E-state index is 0. The topological polar surface area (TPSA) is 68.9 Å². The maximum absolute atomic E-state index is 6.02. The van der Waals surface area contributed by atoms with Crippen molar-refractivity contribution in [2.75, 3.05) is 19.8 Å². The minimum atomic E-state index is 0. The molecule has 0 bridgehead atoms. The molecule has 0 radical (unpaired) electrons. The van der Waals surface area contributed by atoms with E-state index >= 15 is 0 Å². The van der Waals surface area contributed by atoms with E-state index in [4.69, 9.17) is 15.2 Å². The normalized spacial score (nSPS) is 16.5. The van der Waals surface area contributed by atoms with Gasteiger partial charge in [-0.3, -0.25) is 0 Å². The van der Waals surface area contributed by atoms with Gasteiger partial charge in [-0.15, -0.1) is 24.0 Å². The minimum Gasteiger partial charge on any atom is -0.491 e. The summed E-state index contributed by atoms with van der Waals surface area (Å²) in [5.41, 5.74) is 9.50. The van der Waals surface area contributed by atoms with Crippen LogP contribution in [0.2, 0.25) is 0 Å². The van der Waals surface area contributed by atoms with Crippen LogP contribution < -0.4 is 15.8 Å². The maximum atomic E-state index is 6.02. The van der Waals surface area contributed by atoms with Gasteiger partial charge in [0.1, 0.15) is 12.4 Å². The number of guanidine groups is 1.